The molecule has 0 amide bonds. The van der Waals surface area contributed by atoms with Gasteiger partial charge in [0.1, 0.15) is 12.4 Å². The molecule has 6 nitrogen and oxygen atoms in total. The minimum Gasteiger partial charge on any atom is -0.488 e. The van der Waals surface area contributed by atoms with Gasteiger partial charge >= 0.3 is 0 Å². The number of aromatic nitrogens is 2. The number of hydrogen-bond donors (Lipinski definition) is 2. The van der Waals surface area contributed by atoms with E-state index in [1.165, 1.54) is 0 Å². The van der Waals surface area contributed by atoms with Gasteiger partial charge in [-0.25, -0.2) is 13.5 Å². The van der Waals surface area contributed by atoms with Crippen LogP contribution in [-0.4, -0.2) is 35.8 Å². The quantitative estimate of drug-likeness (QED) is 0.242. The summed E-state index contributed by atoms with van der Waals surface area (Å²) >= 11 is 0. The van der Waals surface area contributed by atoms with E-state index < -0.39 is 13.0 Å². The summed E-state index contributed by atoms with van der Waals surface area (Å²) in [5.74, 6) is 1.04. The summed E-state index contributed by atoms with van der Waals surface area (Å²) in [7, 11) is 1.70. The van der Waals surface area contributed by atoms with Crippen LogP contribution in [0.25, 0.3) is 5.69 Å². The number of para-hydroxylation sites is 1. The summed E-state index contributed by atoms with van der Waals surface area (Å²) in [6.07, 6.45) is -2.50. The lowest BCUT2D eigenvalue weighted by Crippen LogP contribution is -2.36. The smallest absolute Gasteiger partial charge is 0.272 e. The van der Waals surface area contributed by atoms with Crippen molar-refractivity contribution in [2.75, 3.05) is 13.7 Å². The summed E-state index contributed by atoms with van der Waals surface area (Å²) in [6, 6.07) is 17.2. The molecule has 0 aliphatic rings. The molecule has 0 radical (unpaired) electrons. The molecule has 2 N–H and O–H groups in total. The topological polar surface area (TPSA) is 63.5 Å². The standard InChI is InChI=1S/C23H27F2N5O.HI/c1-16-11-17(2)30(29-16)21-10-5-4-8-19(21)14-28-23(26-3)27-13-18-7-6-9-20(12-18)31-15-22(24)25;/h4-12,22H,13-15H2,1-3H3,(H2,26,27,28);1H. The van der Waals surface area contributed by atoms with E-state index in [0.29, 0.717) is 24.8 Å². The first-order valence-electron chi connectivity index (χ1n) is 10.0. The Balaban J connectivity index is 0.00000363. The van der Waals surface area contributed by atoms with Crippen molar-refractivity contribution in [3.63, 3.8) is 0 Å². The summed E-state index contributed by atoms with van der Waals surface area (Å²) in [5.41, 5.74) is 5.04. The van der Waals surface area contributed by atoms with Gasteiger partial charge in [0.2, 0.25) is 0 Å². The molecule has 0 fully saturated rings. The van der Waals surface area contributed by atoms with Crippen molar-refractivity contribution in [1.82, 2.24) is 20.4 Å². The van der Waals surface area contributed by atoms with Gasteiger partial charge in [0.05, 0.1) is 11.4 Å². The van der Waals surface area contributed by atoms with Crippen molar-refractivity contribution in [2.45, 2.75) is 33.4 Å². The van der Waals surface area contributed by atoms with Crippen LogP contribution in [0.2, 0.25) is 0 Å². The summed E-state index contributed by atoms with van der Waals surface area (Å²) in [5, 5.41) is 11.1. The molecule has 0 bridgehead atoms. The van der Waals surface area contributed by atoms with E-state index >= 15 is 0 Å². The Bertz CT molecular complexity index is 1040. The fourth-order valence-electron chi connectivity index (χ4n) is 3.23. The molecule has 0 saturated heterocycles. The van der Waals surface area contributed by atoms with Gasteiger partial charge in [-0.05, 0) is 49.2 Å². The average molecular weight is 555 g/mol. The number of alkyl halides is 2. The molecule has 32 heavy (non-hydrogen) atoms. The zero-order valence-electron chi connectivity index (χ0n) is 18.3. The van der Waals surface area contributed by atoms with E-state index in [1.807, 2.05) is 48.9 Å². The maximum Gasteiger partial charge on any atom is 0.272 e. The molecule has 0 atom stereocenters. The molecule has 0 saturated carbocycles. The number of nitrogens with zero attached hydrogens (tertiary/aromatic N) is 3. The highest BCUT2D eigenvalue weighted by atomic mass is 127. The number of guanidine groups is 1. The van der Waals surface area contributed by atoms with Crippen LogP contribution >= 0.6 is 24.0 Å². The number of benzene rings is 2. The molecule has 1 heterocycles. The second kappa shape index (κ2) is 12.4. The first-order valence-corrected chi connectivity index (χ1v) is 10.0. The van der Waals surface area contributed by atoms with Crippen molar-refractivity contribution in [2.24, 2.45) is 4.99 Å². The minimum atomic E-state index is -2.50. The maximum absolute atomic E-state index is 12.3. The molecular formula is C23H28F2IN5O. The second-order valence-electron chi connectivity index (χ2n) is 7.10. The Morgan fingerprint density at radius 1 is 1.06 bits per heavy atom. The number of aryl methyl sites for hydroxylation is 2. The Hall–Kier alpha value is -2.69. The fourth-order valence-corrected chi connectivity index (χ4v) is 3.23. The van der Waals surface area contributed by atoms with Gasteiger partial charge < -0.3 is 15.4 Å². The third kappa shape index (κ3) is 7.18. The van der Waals surface area contributed by atoms with Crippen molar-refractivity contribution in [1.29, 1.82) is 0 Å². The summed E-state index contributed by atoms with van der Waals surface area (Å²) < 4.78 is 31.7. The maximum atomic E-state index is 12.3. The molecule has 0 spiro atoms. The Kier molecular flexibility index (Phi) is 9.89. The van der Waals surface area contributed by atoms with Crippen LogP contribution in [0.5, 0.6) is 5.75 Å². The lowest BCUT2D eigenvalue weighted by Gasteiger charge is -2.15. The van der Waals surface area contributed by atoms with E-state index in [2.05, 4.69) is 26.8 Å². The van der Waals surface area contributed by atoms with Crippen LogP contribution in [0.3, 0.4) is 0 Å². The van der Waals surface area contributed by atoms with Crippen LogP contribution in [0.15, 0.2) is 59.6 Å². The van der Waals surface area contributed by atoms with Crippen LogP contribution in [0.1, 0.15) is 22.5 Å². The Labute approximate surface area is 204 Å². The van der Waals surface area contributed by atoms with Crippen LogP contribution in [0, 0.1) is 13.8 Å². The molecule has 3 rings (SSSR count). The third-order valence-electron chi connectivity index (χ3n) is 4.63. The Morgan fingerprint density at radius 3 is 2.50 bits per heavy atom. The van der Waals surface area contributed by atoms with Gasteiger partial charge in [-0.15, -0.1) is 24.0 Å². The van der Waals surface area contributed by atoms with Crippen molar-refractivity contribution in [3.05, 3.63) is 77.1 Å². The van der Waals surface area contributed by atoms with Gasteiger partial charge in [0.15, 0.2) is 5.96 Å². The molecule has 1 aromatic heterocycles. The first kappa shape index (κ1) is 25.6. The zero-order valence-corrected chi connectivity index (χ0v) is 20.6. The molecule has 0 aliphatic heterocycles. The van der Waals surface area contributed by atoms with Crippen molar-refractivity contribution in [3.8, 4) is 11.4 Å². The number of hydrogen-bond acceptors (Lipinski definition) is 3. The average Bonchev–Trinajstić information content (AvgIpc) is 3.10. The highest BCUT2D eigenvalue weighted by Gasteiger charge is 2.09. The SMILES string of the molecule is CN=C(NCc1cccc(OCC(F)F)c1)NCc1ccccc1-n1nc(C)cc1C.I. The number of nitrogens with one attached hydrogen (secondary N) is 2. The van der Waals surface area contributed by atoms with Crippen LogP contribution in [0.4, 0.5) is 8.78 Å². The fraction of sp³-hybridized carbons (Fsp3) is 0.304. The van der Waals surface area contributed by atoms with Crippen LogP contribution < -0.4 is 15.4 Å². The number of aliphatic imine (C=N–C) groups is 1. The Morgan fingerprint density at radius 2 is 1.81 bits per heavy atom. The van der Waals surface area contributed by atoms with Gasteiger partial charge in [0, 0.05) is 25.8 Å². The predicted octanol–water partition coefficient (Wildman–Crippen LogP) is 4.62. The van der Waals surface area contributed by atoms with E-state index in [1.54, 1.807) is 25.2 Å². The number of halogens is 3. The van der Waals surface area contributed by atoms with Gasteiger partial charge in [-0.2, -0.15) is 5.10 Å². The monoisotopic (exact) mass is 555 g/mol. The summed E-state index contributed by atoms with van der Waals surface area (Å²) in [4.78, 5) is 4.27. The van der Waals surface area contributed by atoms with Crippen LogP contribution in [-0.2, 0) is 13.1 Å². The molecule has 172 valence electrons. The van der Waals surface area contributed by atoms with Gasteiger partial charge in [-0.1, -0.05) is 30.3 Å². The lowest BCUT2D eigenvalue weighted by atomic mass is 10.1. The minimum absolute atomic E-state index is 0. The highest BCUT2D eigenvalue weighted by Crippen LogP contribution is 2.17. The number of rotatable bonds is 8. The number of ether oxygens (including phenoxy) is 1. The van der Waals surface area contributed by atoms with E-state index in [0.717, 1.165) is 28.2 Å². The van der Waals surface area contributed by atoms with E-state index in [9.17, 15) is 8.78 Å². The molecule has 0 aliphatic carbocycles. The molecule has 9 heteroatoms. The third-order valence-corrected chi connectivity index (χ3v) is 4.63. The van der Waals surface area contributed by atoms with E-state index in [-0.39, 0.29) is 24.0 Å². The van der Waals surface area contributed by atoms with E-state index in [4.69, 9.17) is 4.74 Å². The molecule has 0 unspecified atom stereocenters. The molecular weight excluding hydrogens is 527 g/mol. The largest absolute Gasteiger partial charge is 0.488 e. The van der Waals surface area contributed by atoms with Gasteiger partial charge in [-0.3, -0.25) is 4.99 Å². The van der Waals surface area contributed by atoms with Crippen molar-refractivity contribution >= 4 is 29.9 Å². The second-order valence-corrected chi connectivity index (χ2v) is 7.10. The first-order chi connectivity index (χ1) is 15.0. The molecule has 3 aromatic rings. The summed E-state index contributed by atoms with van der Waals surface area (Å²) in [6.45, 7) is 4.43. The normalized spacial score (nSPS) is 11.2. The predicted molar refractivity (Wildman–Crippen MR) is 133 cm³/mol. The molecule has 2 aromatic carbocycles. The zero-order chi connectivity index (χ0) is 22.2. The van der Waals surface area contributed by atoms with Crippen molar-refractivity contribution < 1.29 is 13.5 Å². The lowest BCUT2D eigenvalue weighted by molar-refractivity contribution is 0.0818. The van der Waals surface area contributed by atoms with Gasteiger partial charge in [0.25, 0.3) is 6.43 Å². The highest BCUT2D eigenvalue weighted by molar-refractivity contribution is 14.0.